The third-order valence-corrected chi connectivity index (χ3v) is 6.85. The van der Waals surface area contributed by atoms with E-state index in [-0.39, 0.29) is 23.4 Å². The molecule has 0 saturated heterocycles. The molecule has 3 rings (SSSR count). The molecule has 0 aliphatic rings. The molecule has 1 N–H and O–H groups in total. The predicted molar refractivity (Wildman–Crippen MR) is 119 cm³/mol. The number of nitrogens with one attached hydrogen (secondary N) is 1. The Kier molecular flexibility index (Phi) is 6.70. The number of aryl methyl sites for hydroxylation is 2. The second-order valence-electron chi connectivity index (χ2n) is 7.34. The van der Waals surface area contributed by atoms with Gasteiger partial charge in [-0.05, 0) is 42.7 Å². The smallest absolute Gasteiger partial charge is 0.243 e. The van der Waals surface area contributed by atoms with Crippen molar-refractivity contribution in [1.82, 2.24) is 9.62 Å². The van der Waals surface area contributed by atoms with Crippen LogP contribution in [0.25, 0.3) is 0 Å². The Bertz CT molecular complexity index is 1110. The van der Waals surface area contributed by atoms with Gasteiger partial charge in [0.15, 0.2) is 0 Å². The highest BCUT2D eigenvalue weighted by Crippen LogP contribution is 2.25. The number of hydrogen-bond acceptors (Lipinski definition) is 3. The van der Waals surface area contributed by atoms with E-state index >= 15 is 0 Å². The van der Waals surface area contributed by atoms with E-state index in [0.717, 1.165) is 26.6 Å². The van der Waals surface area contributed by atoms with Crippen molar-refractivity contribution < 1.29 is 13.2 Å². The Hall–Kier alpha value is -2.96. The molecule has 0 radical (unpaired) electrons. The molecule has 6 heteroatoms. The van der Waals surface area contributed by atoms with Crippen LogP contribution in [-0.2, 0) is 14.8 Å². The van der Waals surface area contributed by atoms with E-state index in [1.54, 1.807) is 24.3 Å². The van der Waals surface area contributed by atoms with Crippen LogP contribution < -0.4 is 5.32 Å². The van der Waals surface area contributed by atoms with E-state index in [2.05, 4.69) is 5.32 Å². The maximum atomic E-state index is 12.8. The van der Waals surface area contributed by atoms with Crippen LogP contribution in [0, 0.1) is 13.8 Å². The molecule has 0 aliphatic heterocycles. The fraction of sp³-hybridized carbons (Fsp3) is 0.208. The van der Waals surface area contributed by atoms with Crippen LogP contribution >= 0.6 is 0 Å². The number of hydrogen-bond donors (Lipinski definition) is 1. The number of amides is 1. The summed E-state index contributed by atoms with van der Waals surface area (Å²) in [5.74, 6) is -0.370. The third-order valence-electron chi connectivity index (χ3n) is 5.03. The fourth-order valence-corrected chi connectivity index (χ4v) is 4.41. The summed E-state index contributed by atoms with van der Waals surface area (Å²) in [5.41, 5.74) is 3.93. The number of likely N-dealkylation sites (N-methyl/N-ethyl adjacent to an activating group) is 1. The molecular weight excluding hydrogens is 396 g/mol. The summed E-state index contributed by atoms with van der Waals surface area (Å²) in [5, 5.41) is 3.01. The number of carbonyl (C=O) groups excluding carboxylic acids is 1. The first-order valence-corrected chi connectivity index (χ1v) is 11.2. The topological polar surface area (TPSA) is 66.5 Å². The zero-order valence-electron chi connectivity index (χ0n) is 17.4. The highest BCUT2D eigenvalue weighted by Gasteiger charge is 2.25. The summed E-state index contributed by atoms with van der Waals surface area (Å²) in [7, 11) is -2.33. The van der Waals surface area contributed by atoms with Gasteiger partial charge in [-0.3, -0.25) is 4.79 Å². The second-order valence-corrected chi connectivity index (χ2v) is 9.39. The van der Waals surface area contributed by atoms with E-state index < -0.39 is 10.0 Å². The quantitative estimate of drug-likeness (QED) is 0.629. The minimum absolute atomic E-state index is 0.168. The van der Waals surface area contributed by atoms with E-state index in [9.17, 15) is 13.2 Å². The summed E-state index contributed by atoms with van der Waals surface area (Å²) in [6.45, 7) is 3.61. The molecular formula is C24H26N2O3S. The minimum Gasteiger partial charge on any atom is -0.344 e. The zero-order chi connectivity index (χ0) is 21.7. The van der Waals surface area contributed by atoms with Gasteiger partial charge < -0.3 is 5.32 Å². The number of carbonyl (C=O) groups is 1. The molecule has 0 bridgehead atoms. The van der Waals surface area contributed by atoms with Gasteiger partial charge in [0.1, 0.15) is 0 Å². The summed E-state index contributed by atoms with van der Waals surface area (Å²) < 4.78 is 26.7. The Morgan fingerprint density at radius 2 is 1.50 bits per heavy atom. The van der Waals surface area contributed by atoms with Gasteiger partial charge in [0.05, 0.1) is 17.5 Å². The van der Waals surface area contributed by atoms with Crippen LogP contribution in [0.4, 0.5) is 0 Å². The second kappa shape index (κ2) is 9.24. The van der Waals surface area contributed by atoms with Crippen LogP contribution in [0.3, 0.4) is 0 Å². The molecule has 0 fully saturated rings. The molecule has 0 spiro atoms. The van der Waals surface area contributed by atoms with Gasteiger partial charge in [-0.15, -0.1) is 0 Å². The summed E-state index contributed by atoms with van der Waals surface area (Å²) in [6.07, 6.45) is 0. The molecule has 0 heterocycles. The maximum absolute atomic E-state index is 12.8. The van der Waals surface area contributed by atoms with Crippen LogP contribution in [0.2, 0.25) is 0 Å². The lowest BCUT2D eigenvalue weighted by Crippen LogP contribution is -2.40. The molecule has 0 unspecified atom stereocenters. The first-order chi connectivity index (χ1) is 14.3. The van der Waals surface area contributed by atoms with Gasteiger partial charge in [-0.25, -0.2) is 8.42 Å². The van der Waals surface area contributed by atoms with Crippen molar-refractivity contribution in [2.24, 2.45) is 0 Å². The van der Waals surface area contributed by atoms with E-state index in [1.807, 2.05) is 68.4 Å². The van der Waals surface area contributed by atoms with E-state index in [4.69, 9.17) is 0 Å². The van der Waals surface area contributed by atoms with E-state index in [0.29, 0.717) is 0 Å². The fourth-order valence-electron chi connectivity index (χ4n) is 3.28. The molecule has 1 amide bonds. The van der Waals surface area contributed by atoms with Gasteiger partial charge in [0, 0.05) is 7.05 Å². The highest BCUT2D eigenvalue weighted by atomic mass is 32.2. The highest BCUT2D eigenvalue weighted by molar-refractivity contribution is 7.89. The van der Waals surface area contributed by atoms with Gasteiger partial charge in [0.2, 0.25) is 15.9 Å². The molecule has 0 aromatic heterocycles. The molecule has 156 valence electrons. The molecule has 3 aromatic rings. The number of sulfonamides is 1. The van der Waals surface area contributed by atoms with Crippen molar-refractivity contribution in [2.75, 3.05) is 13.6 Å². The standard InChI is InChI=1S/C24H26N2O3S/c1-18-13-15-21(16-14-18)30(28,29)26(3)17-23(27)25-24(20-10-5-4-6-11-20)22-12-8-7-9-19(22)2/h4-16,24H,17H2,1-3H3,(H,25,27)/t24-/m0/s1. The summed E-state index contributed by atoms with van der Waals surface area (Å²) in [6, 6.07) is 23.7. The van der Waals surface area contributed by atoms with Gasteiger partial charge in [0.25, 0.3) is 0 Å². The molecule has 0 saturated carbocycles. The van der Waals surface area contributed by atoms with Crippen molar-refractivity contribution in [3.8, 4) is 0 Å². The van der Waals surface area contributed by atoms with Crippen LogP contribution in [-0.4, -0.2) is 32.2 Å². The summed E-state index contributed by atoms with van der Waals surface area (Å²) >= 11 is 0. The Morgan fingerprint density at radius 1 is 0.900 bits per heavy atom. The molecule has 5 nitrogen and oxygen atoms in total. The molecule has 0 aliphatic carbocycles. The normalized spacial score (nSPS) is 12.5. The van der Waals surface area contributed by atoms with Gasteiger partial charge >= 0.3 is 0 Å². The monoisotopic (exact) mass is 422 g/mol. The first kappa shape index (κ1) is 21.7. The minimum atomic E-state index is -3.75. The van der Waals surface area contributed by atoms with Crippen molar-refractivity contribution in [2.45, 2.75) is 24.8 Å². The average Bonchev–Trinajstić information content (AvgIpc) is 2.73. The lowest BCUT2D eigenvalue weighted by atomic mass is 9.95. The largest absolute Gasteiger partial charge is 0.344 e. The van der Waals surface area contributed by atoms with Crippen LogP contribution in [0.5, 0.6) is 0 Å². The Balaban J connectivity index is 1.81. The molecule has 3 aromatic carbocycles. The number of benzene rings is 3. The Labute approximate surface area is 178 Å². The zero-order valence-corrected chi connectivity index (χ0v) is 18.2. The average molecular weight is 423 g/mol. The van der Waals surface area contributed by atoms with Gasteiger partial charge in [-0.1, -0.05) is 72.3 Å². The lowest BCUT2D eigenvalue weighted by Gasteiger charge is -2.23. The van der Waals surface area contributed by atoms with Crippen LogP contribution in [0.15, 0.2) is 83.8 Å². The molecule has 1 atom stereocenters. The third kappa shape index (κ3) is 4.96. The van der Waals surface area contributed by atoms with Crippen molar-refractivity contribution in [3.63, 3.8) is 0 Å². The number of rotatable bonds is 7. The predicted octanol–water partition coefficient (Wildman–Crippen LogP) is 3.83. The number of nitrogens with zero attached hydrogens (tertiary/aromatic N) is 1. The first-order valence-electron chi connectivity index (χ1n) is 9.72. The van der Waals surface area contributed by atoms with Crippen LogP contribution in [0.1, 0.15) is 28.3 Å². The lowest BCUT2D eigenvalue weighted by molar-refractivity contribution is -0.121. The SMILES string of the molecule is Cc1ccc(S(=O)(=O)N(C)CC(=O)N[C@@H](c2ccccc2)c2ccccc2C)cc1. The molecule has 30 heavy (non-hydrogen) atoms. The Morgan fingerprint density at radius 3 is 2.13 bits per heavy atom. The maximum Gasteiger partial charge on any atom is 0.243 e. The van der Waals surface area contributed by atoms with Crippen molar-refractivity contribution in [1.29, 1.82) is 0 Å². The summed E-state index contributed by atoms with van der Waals surface area (Å²) in [4.78, 5) is 13.0. The van der Waals surface area contributed by atoms with E-state index in [1.165, 1.54) is 7.05 Å². The van der Waals surface area contributed by atoms with Gasteiger partial charge in [-0.2, -0.15) is 4.31 Å². The van der Waals surface area contributed by atoms with Crippen molar-refractivity contribution in [3.05, 3.63) is 101 Å². The van der Waals surface area contributed by atoms with Crippen molar-refractivity contribution >= 4 is 15.9 Å².